The first-order valence-corrected chi connectivity index (χ1v) is 3.72. The van der Waals surface area contributed by atoms with Gasteiger partial charge in [0.1, 0.15) is 0 Å². The minimum absolute atomic E-state index is 0.0638. The number of halogens is 5. The lowest BCUT2D eigenvalue weighted by atomic mass is 10.1. The van der Waals surface area contributed by atoms with Gasteiger partial charge in [0.2, 0.25) is 0 Å². The molecular weight excluding hydrogens is 203 g/mol. The Hall–Kier alpha value is -1.13. The number of rotatable bonds is 2. The molecule has 1 rings (SSSR count). The Labute approximate surface area is 77.4 Å². The van der Waals surface area contributed by atoms with E-state index in [0.717, 1.165) is 0 Å². The predicted octanol–water partition coefficient (Wildman–Crippen LogP) is 3.23. The third kappa shape index (κ3) is 2.43. The quantitative estimate of drug-likeness (QED) is 0.656. The standard InChI is InChI=1S/C9H6F5/c10-8(11,9(12,13)14)6-7-4-2-1-3-5-7/h2-5H,6H2. The third-order valence-electron chi connectivity index (χ3n) is 1.63. The van der Waals surface area contributed by atoms with Crippen LogP contribution in [0.2, 0.25) is 0 Å². The zero-order valence-corrected chi connectivity index (χ0v) is 6.91. The van der Waals surface area contributed by atoms with E-state index in [0.29, 0.717) is 0 Å². The fraction of sp³-hybridized carbons (Fsp3) is 0.333. The first-order valence-electron chi connectivity index (χ1n) is 3.72. The second-order valence-electron chi connectivity index (χ2n) is 2.79. The summed E-state index contributed by atoms with van der Waals surface area (Å²) in [5, 5.41) is 0. The largest absolute Gasteiger partial charge is 0.453 e. The van der Waals surface area contributed by atoms with Gasteiger partial charge in [0.05, 0.1) is 0 Å². The summed E-state index contributed by atoms with van der Waals surface area (Å²) in [6.07, 6.45) is -6.82. The molecule has 1 aromatic carbocycles. The summed E-state index contributed by atoms with van der Waals surface area (Å²) in [7, 11) is 0. The predicted molar refractivity (Wildman–Crippen MR) is 40.0 cm³/mol. The first kappa shape index (κ1) is 10.9. The summed E-state index contributed by atoms with van der Waals surface area (Å²) in [6, 6.07) is 7.48. The number of alkyl halides is 5. The van der Waals surface area contributed by atoms with Crippen LogP contribution in [-0.2, 0) is 6.42 Å². The summed E-state index contributed by atoms with van der Waals surface area (Å²) in [6.45, 7) is 0. The summed E-state index contributed by atoms with van der Waals surface area (Å²) in [4.78, 5) is 0. The molecule has 0 saturated heterocycles. The van der Waals surface area contributed by atoms with Gasteiger partial charge in [-0.1, -0.05) is 24.3 Å². The highest BCUT2D eigenvalue weighted by Gasteiger charge is 2.56. The van der Waals surface area contributed by atoms with Gasteiger partial charge in [-0.2, -0.15) is 22.0 Å². The van der Waals surface area contributed by atoms with E-state index in [1.165, 1.54) is 24.3 Å². The third-order valence-corrected chi connectivity index (χ3v) is 1.63. The molecule has 0 aromatic heterocycles. The Morgan fingerprint density at radius 3 is 1.93 bits per heavy atom. The number of hydrogen-bond acceptors (Lipinski definition) is 0. The van der Waals surface area contributed by atoms with E-state index in [2.05, 4.69) is 6.07 Å². The van der Waals surface area contributed by atoms with Crippen molar-refractivity contribution >= 4 is 0 Å². The van der Waals surface area contributed by atoms with Crippen LogP contribution < -0.4 is 0 Å². The highest BCUT2D eigenvalue weighted by molar-refractivity contribution is 5.16. The van der Waals surface area contributed by atoms with Crippen molar-refractivity contribution in [2.24, 2.45) is 0 Å². The van der Waals surface area contributed by atoms with E-state index in [-0.39, 0.29) is 5.56 Å². The molecule has 0 aliphatic carbocycles. The lowest BCUT2D eigenvalue weighted by Crippen LogP contribution is -2.38. The van der Waals surface area contributed by atoms with Crippen LogP contribution in [-0.4, -0.2) is 12.1 Å². The van der Waals surface area contributed by atoms with E-state index in [9.17, 15) is 22.0 Å². The van der Waals surface area contributed by atoms with Gasteiger partial charge >= 0.3 is 12.1 Å². The second-order valence-corrected chi connectivity index (χ2v) is 2.79. The molecule has 0 aliphatic rings. The van der Waals surface area contributed by atoms with E-state index in [1.54, 1.807) is 0 Å². The molecule has 0 aliphatic heterocycles. The molecule has 0 fully saturated rings. The van der Waals surface area contributed by atoms with Gasteiger partial charge in [-0.25, -0.2) is 0 Å². The molecule has 1 radical (unpaired) electrons. The molecule has 0 saturated carbocycles. The average Bonchev–Trinajstić information content (AvgIpc) is 2.03. The van der Waals surface area contributed by atoms with Gasteiger partial charge in [0.25, 0.3) is 0 Å². The van der Waals surface area contributed by atoms with Crippen LogP contribution in [0.4, 0.5) is 22.0 Å². The lowest BCUT2D eigenvalue weighted by Gasteiger charge is -2.19. The maximum absolute atomic E-state index is 12.5. The van der Waals surface area contributed by atoms with Crippen LogP contribution in [0, 0.1) is 6.07 Å². The Morgan fingerprint density at radius 1 is 1.00 bits per heavy atom. The molecule has 77 valence electrons. The summed E-state index contributed by atoms with van der Waals surface area (Å²) >= 11 is 0. The van der Waals surface area contributed by atoms with Gasteiger partial charge in [-0.15, -0.1) is 0 Å². The Kier molecular flexibility index (Phi) is 2.78. The smallest absolute Gasteiger partial charge is 0.196 e. The van der Waals surface area contributed by atoms with Crippen molar-refractivity contribution in [2.45, 2.75) is 18.5 Å². The van der Waals surface area contributed by atoms with Gasteiger partial charge in [0.15, 0.2) is 0 Å². The minimum Gasteiger partial charge on any atom is -0.196 e. The molecular formula is C9H6F5. The van der Waals surface area contributed by atoms with E-state index in [4.69, 9.17) is 0 Å². The molecule has 0 atom stereocenters. The van der Waals surface area contributed by atoms with Crippen LogP contribution in [0.3, 0.4) is 0 Å². The molecule has 0 amide bonds. The molecule has 1 aromatic rings. The van der Waals surface area contributed by atoms with Crippen molar-refractivity contribution in [3.8, 4) is 0 Å². The maximum atomic E-state index is 12.5. The minimum atomic E-state index is -5.49. The molecule has 5 heteroatoms. The zero-order valence-electron chi connectivity index (χ0n) is 6.91. The number of hydrogen-bond donors (Lipinski definition) is 0. The van der Waals surface area contributed by atoms with Crippen molar-refractivity contribution in [3.63, 3.8) is 0 Å². The molecule has 0 spiro atoms. The van der Waals surface area contributed by atoms with Crippen molar-refractivity contribution in [3.05, 3.63) is 35.9 Å². The van der Waals surface area contributed by atoms with Crippen LogP contribution in [0.5, 0.6) is 0 Å². The summed E-state index contributed by atoms with van der Waals surface area (Å²) in [5.74, 6) is -4.67. The average molecular weight is 209 g/mol. The monoisotopic (exact) mass is 209 g/mol. The fourth-order valence-corrected chi connectivity index (χ4v) is 0.896. The van der Waals surface area contributed by atoms with Gasteiger partial charge in [-0.3, -0.25) is 0 Å². The van der Waals surface area contributed by atoms with E-state index in [1.807, 2.05) is 0 Å². The van der Waals surface area contributed by atoms with Gasteiger partial charge in [-0.05, 0) is 11.6 Å². The zero-order chi connectivity index (χ0) is 10.8. The van der Waals surface area contributed by atoms with Crippen molar-refractivity contribution in [1.82, 2.24) is 0 Å². The van der Waals surface area contributed by atoms with Crippen LogP contribution in [0.15, 0.2) is 24.3 Å². The van der Waals surface area contributed by atoms with Crippen molar-refractivity contribution < 1.29 is 22.0 Å². The van der Waals surface area contributed by atoms with Crippen LogP contribution in [0.1, 0.15) is 5.56 Å². The molecule has 0 nitrogen and oxygen atoms in total. The van der Waals surface area contributed by atoms with Crippen LogP contribution >= 0.6 is 0 Å². The normalized spacial score (nSPS) is 12.9. The van der Waals surface area contributed by atoms with Gasteiger partial charge in [0, 0.05) is 6.42 Å². The Balaban J connectivity index is 2.79. The van der Waals surface area contributed by atoms with Gasteiger partial charge < -0.3 is 0 Å². The van der Waals surface area contributed by atoms with Crippen molar-refractivity contribution in [2.75, 3.05) is 0 Å². The molecule has 0 unspecified atom stereocenters. The molecule has 0 N–H and O–H groups in total. The summed E-state index contributed by atoms with van der Waals surface area (Å²) < 4.78 is 60.2. The van der Waals surface area contributed by atoms with Crippen LogP contribution in [0.25, 0.3) is 0 Å². The number of benzene rings is 1. The topological polar surface area (TPSA) is 0 Å². The Morgan fingerprint density at radius 2 is 1.50 bits per heavy atom. The van der Waals surface area contributed by atoms with Crippen molar-refractivity contribution in [1.29, 1.82) is 0 Å². The highest BCUT2D eigenvalue weighted by atomic mass is 19.4. The lowest BCUT2D eigenvalue weighted by molar-refractivity contribution is -0.281. The Bertz CT molecular complexity index is 288. The summed E-state index contributed by atoms with van der Waals surface area (Å²) in [5.41, 5.74) is -0.0638. The maximum Gasteiger partial charge on any atom is 0.453 e. The first-order chi connectivity index (χ1) is 6.33. The van der Waals surface area contributed by atoms with E-state index >= 15 is 0 Å². The van der Waals surface area contributed by atoms with E-state index < -0.39 is 18.5 Å². The SMILES string of the molecule is FC(F)(F)C(F)(F)Cc1cc[c]cc1. The highest BCUT2D eigenvalue weighted by Crippen LogP contribution is 2.37. The molecule has 0 bridgehead atoms. The molecule has 0 heterocycles. The fourth-order valence-electron chi connectivity index (χ4n) is 0.896. The second kappa shape index (κ2) is 3.55. The molecule has 14 heavy (non-hydrogen) atoms.